The molecular formula is C18H30N2OS. The van der Waals surface area contributed by atoms with Crippen molar-refractivity contribution in [1.82, 2.24) is 9.88 Å². The maximum atomic E-state index is 12.6. The molecule has 1 aromatic rings. The number of hydrogen-bond acceptors (Lipinski definition) is 3. The molecule has 0 N–H and O–H groups in total. The van der Waals surface area contributed by atoms with Crippen LogP contribution >= 0.6 is 11.3 Å². The quantitative estimate of drug-likeness (QED) is 0.816. The summed E-state index contributed by atoms with van der Waals surface area (Å²) in [5.74, 6) is 1.28. The summed E-state index contributed by atoms with van der Waals surface area (Å²) < 4.78 is 0. The fraction of sp³-hybridized carbons (Fsp3) is 0.778. The summed E-state index contributed by atoms with van der Waals surface area (Å²) in [6.45, 7) is 9.72. The van der Waals surface area contributed by atoms with Crippen molar-refractivity contribution in [3.8, 4) is 0 Å². The maximum absolute atomic E-state index is 12.6. The van der Waals surface area contributed by atoms with Crippen molar-refractivity contribution >= 4 is 17.2 Å². The highest BCUT2D eigenvalue weighted by Crippen LogP contribution is 2.40. The lowest BCUT2D eigenvalue weighted by atomic mass is 9.69. The van der Waals surface area contributed by atoms with Gasteiger partial charge in [-0.05, 0) is 43.4 Å². The second-order valence-corrected chi connectivity index (χ2v) is 8.64. The number of carbonyl (C=O) groups is 1. The Hall–Kier alpha value is -0.900. The maximum Gasteiger partial charge on any atom is 0.225 e. The highest BCUT2D eigenvalue weighted by atomic mass is 32.1. The molecule has 0 atom stereocenters. The first-order valence-electron chi connectivity index (χ1n) is 8.49. The van der Waals surface area contributed by atoms with Gasteiger partial charge in [0.05, 0.1) is 17.2 Å². The van der Waals surface area contributed by atoms with E-state index in [2.05, 4.69) is 38.1 Å². The van der Waals surface area contributed by atoms with E-state index in [-0.39, 0.29) is 5.92 Å². The SMILES string of the molecule is CCc1nc(CN(C)C(=O)C2CCC(C(C)(C)C)CC2)cs1. The van der Waals surface area contributed by atoms with E-state index >= 15 is 0 Å². The van der Waals surface area contributed by atoms with Gasteiger partial charge in [0.1, 0.15) is 0 Å². The number of aryl methyl sites for hydroxylation is 1. The third-order valence-corrected chi connectivity index (χ3v) is 6.02. The van der Waals surface area contributed by atoms with E-state index in [9.17, 15) is 4.79 Å². The average molecular weight is 323 g/mol. The highest BCUT2D eigenvalue weighted by Gasteiger charge is 2.33. The van der Waals surface area contributed by atoms with Crippen molar-refractivity contribution in [2.45, 2.75) is 66.3 Å². The molecule has 4 heteroatoms. The van der Waals surface area contributed by atoms with Crippen LogP contribution < -0.4 is 0 Å². The zero-order valence-corrected chi connectivity index (χ0v) is 15.5. The van der Waals surface area contributed by atoms with Gasteiger partial charge in [-0.3, -0.25) is 4.79 Å². The van der Waals surface area contributed by atoms with Crippen LogP contribution in [0.25, 0.3) is 0 Å². The normalized spacial score (nSPS) is 22.6. The Morgan fingerprint density at radius 2 is 1.95 bits per heavy atom. The van der Waals surface area contributed by atoms with E-state index in [1.165, 1.54) is 12.8 Å². The van der Waals surface area contributed by atoms with Gasteiger partial charge < -0.3 is 4.90 Å². The van der Waals surface area contributed by atoms with Gasteiger partial charge in [-0.15, -0.1) is 11.3 Å². The first-order valence-corrected chi connectivity index (χ1v) is 9.37. The lowest BCUT2D eigenvalue weighted by Crippen LogP contribution is -2.36. The molecule has 0 spiro atoms. The van der Waals surface area contributed by atoms with Gasteiger partial charge in [0.2, 0.25) is 5.91 Å². The number of carbonyl (C=O) groups excluding carboxylic acids is 1. The molecule has 1 fully saturated rings. The fourth-order valence-corrected chi connectivity index (χ4v) is 4.16. The first-order chi connectivity index (χ1) is 10.3. The number of aromatic nitrogens is 1. The van der Waals surface area contributed by atoms with Gasteiger partial charge >= 0.3 is 0 Å². The van der Waals surface area contributed by atoms with Gasteiger partial charge in [-0.25, -0.2) is 4.98 Å². The van der Waals surface area contributed by atoms with Crippen LogP contribution in [0, 0.1) is 17.3 Å². The number of hydrogen-bond donors (Lipinski definition) is 0. The molecule has 0 aliphatic heterocycles. The highest BCUT2D eigenvalue weighted by molar-refractivity contribution is 7.09. The Morgan fingerprint density at radius 3 is 2.45 bits per heavy atom. The molecule has 1 heterocycles. The van der Waals surface area contributed by atoms with E-state index in [0.29, 0.717) is 17.9 Å². The van der Waals surface area contributed by atoms with Gasteiger partial charge in [0.25, 0.3) is 0 Å². The predicted octanol–water partition coefficient (Wildman–Crippen LogP) is 4.52. The molecule has 0 radical (unpaired) electrons. The summed E-state index contributed by atoms with van der Waals surface area (Å²) in [5, 5.41) is 3.24. The third-order valence-electron chi connectivity index (χ3n) is 4.98. The predicted molar refractivity (Wildman–Crippen MR) is 92.9 cm³/mol. The summed E-state index contributed by atoms with van der Waals surface area (Å²) in [6, 6.07) is 0. The van der Waals surface area contributed by atoms with E-state index in [1.54, 1.807) is 11.3 Å². The number of rotatable bonds is 4. The van der Waals surface area contributed by atoms with Crippen molar-refractivity contribution in [3.63, 3.8) is 0 Å². The summed E-state index contributed by atoms with van der Waals surface area (Å²) in [5.41, 5.74) is 1.40. The molecule has 0 bridgehead atoms. The lowest BCUT2D eigenvalue weighted by molar-refractivity contribution is -0.136. The van der Waals surface area contributed by atoms with E-state index in [4.69, 9.17) is 0 Å². The lowest BCUT2D eigenvalue weighted by Gasteiger charge is -2.37. The summed E-state index contributed by atoms with van der Waals surface area (Å²) in [6.07, 6.45) is 5.43. The van der Waals surface area contributed by atoms with Gasteiger partial charge in [0.15, 0.2) is 0 Å². The fourth-order valence-electron chi connectivity index (χ4n) is 3.42. The topological polar surface area (TPSA) is 33.2 Å². The second-order valence-electron chi connectivity index (χ2n) is 7.70. The minimum absolute atomic E-state index is 0.216. The molecule has 0 aromatic carbocycles. The van der Waals surface area contributed by atoms with Crippen molar-refractivity contribution in [3.05, 3.63) is 16.1 Å². The Balaban J connectivity index is 1.86. The molecule has 124 valence electrons. The average Bonchev–Trinajstić information content (AvgIpc) is 2.93. The standard InChI is InChI=1S/C18H30N2OS/c1-6-16-19-15(12-22-16)11-20(5)17(21)13-7-9-14(10-8-13)18(2,3)4/h12-14H,6-11H2,1-5H3. The van der Waals surface area contributed by atoms with Gasteiger partial charge in [-0.2, -0.15) is 0 Å². The summed E-state index contributed by atoms with van der Waals surface area (Å²) >= 11 is 1.69. The van der Waals surface area contributed by atoms with Crippen molar-refractivity contribution in [1.29, 1.82) is 0 Å². The summed E-state index contributed by atoms with van der Waals surface area (Å²) in [7, 11) is 1.92. The van der Waals surface area contributed by atoms with Gasteiger partial charge in [-0.1, -0.05) is 27.7 Å². The van der Waals surface area contributed by atoms with E-state index < -0.39 is 0 Å². The number of amides is 1. The van der Waals surface area contributed by atoms with Crippen LogP contribution in [0.15, 0.2) is 5.38 Å². The summed E-state index contributed by atoms with van der Waals surface area (Å²) in [4.78, 5) is 19.1. The minimum atomic E-state index is 0.216. The van der Waals surface area contributed by atoms with Crippen molar-refractivity contribution in [2.75, 3.05) is 7.05 Å². The van der Waals surface area contributed by atoms with Crippen LogP contribution in [0.2, 0.25) is 0 Å². The first kappa shape index (κ1) is 17.5. The van der Waals surface area contributed by atoms with Crippen LogP contribution in [0.3, 0.4) is 0 Å². The molecular weight excluding hydrogens is 292 g/mol. The Bertz CT molecular complexity index is 495. The third kappa shape index (κ3) is 4.31. The molecule has 0 saturated heterocycles. The minimum Gasteiger partial charge on any atom is -0.340 e. The van der Waals surface area contributed by atoms with Crippen LogP contribution in [0.4, 0.5) is 0 Å². The zero-order valence-electron chi connectivity index (χ0n) is 14.7. The van der Waals surface area contributed by atoms with Crippen LogP contribution in [-0.2, 0) is 17.8 Å². The molecule has 1 saturated carbocycles. The number of thiazole rings is 1. The Morgan fingerprint density at radius 1 is 1.32 bits per heavy atom. The Labute approximate surface area is 139 Å². The van der Waals surface area contributed by atoms with E-state index in [1.807, 2.05) is 11.9 Å². The number of nitrogens with zero attached hydrogens (tertiary/aromatic N) is 2. The Kier molecular flexibility index (Phi) is 5.65. The second kappa shape index (κ2) is 7.12. The van der Waals surface area contributed by atoms with Crippen LogP contribution in [0.5, 0.6) is 0 Å². The molecule has 1 aliphatic rings. The monoisotopic (exact) mass is 322 g/mol. The molecule has 1 aliphatic carbocycles. The molecule has 22 heavy (non-hydrogen) atoms. The van der Waals surface area contributed by atoms with Crippen LogP contribution in [0.1, 0.15) is 64.1 Å². The molecule has 0 unspecified atom stereocenters. The van der Waals surface area contributed by atoms with Crippen molar-refractivity contribution in [2.24, 2.45) is 17.3 Å². The smallest absolute Gasteiger partial charge is 0.225 e. The zero-order chi connectivity index (χ0) is 16.3. The molecule has 2 rings (SSSR count). The molecule has 3 nitrogen and oxygen atoms in total. The van der Waals surface area contributed by atoms with Crippen LogP contribution in [-0.4, -0.2) is 22.8 Å². The molecule has 1 amide bonds. The van der Waals surface area contributed by atoms with Crippen molar-refractivity contribution < 1.29 is 4.79 Å². The molecule has 1 aromatic heterocycles. The largest absolute Gasteiger partial charge is 0.340 e. The van der Waals surface area contributed by atoms with E-state index in [0.717, 1.165) is 35.9 Å². The van der Waals surface area contributed by atoms with Gasteiger partial charge in [0, 0.05) is 18.3 Å².